The van der Waals surface area contributed by atoms with Crippen molar-refractivity contribution in [1.29, 1.82) is 0 Å². The van der Waals surface area contributed by atoms with Crippen molar-refractivity contribution >= 4 is 17.4 Å². The molecule has 0 saturated heterocycles. The van der Waals surface area contributed by atoms with Crippen LogP contribution in [0, 0.1) is 11.8 Å². The Morgan fingerprint density at radius 2 is 2.04 bits per heavy atom. The molecule has 2 rings (SSSR count). The molecule has 0 aliphatic heterocycles. The smallest absolute Gasteiger partial charge is 0.330 e. The van der Waals surface area contributed by atoms with Gasteiger partial charge in [-0.3, -0.25) is 19.1 Å². The van der Waals surface area contributed by atoms with Gasteiger partial charge in [-0.1, -0.05) is 40.0 Å². The number of hydrogen-bond donors (Lipinski definition) is 3. The van der Waals surface area contributed by atoms with Gasteiger partial charge in [-0.2, -0.15) is 0 Å². The molecule has 1 aromatic rings. The average Bonchev–Trinajstić information content (AvgIpc) is 2.58. The van der Waals surface area contributed by atoms with Crippen LogP contribution in [0.15, 0.2) is 9.59 Å². The molecule has 0 radical (unpaired) electrons. The summed E-state index contributed by atoms with van der Waals surface area (Å²) in [5.41, 5.74) is 5.17. The zero-order valence-corrected chi connectivity index (χ0v) is 16.9. The Hall–Kier alpha value is -2.25. The zero-order chi connectivity index (χ0) is 20.1. The number of nitrogens with one attached hydrogen (secondary N) is 2. The van der Waals surface area contributed by atoms with E-state index in [1.54, 1.807) is 7.05 Å². The first kappa shape index (κ1) is 21.1. The highest BCUT2D eigenvalue weighted by atomic mass is 16.2. The topological polar surface area (TPSA) is 113 Å². The van der Waals surface area contributed by atoms with Gasteiger partial charge >= 0.3 is 5.69 Å². The van der Waals surface area contributed by atoms with E-state index in [1.165, 1.54) is 15.9 Å². The van der Waals surface area contributed by atoms with E-state index in [4.69, 9.17) is 5.73 Å². The molecule has 1 aromatic heterocycles. The molecule has 1 amide bonds. The van der Waals surface area contributed by atoms with Gasteiger partial charge in [0.1, 0.15) is 11.5 Å². The third-order valence-corrected chi connectivity index (χ3v) is 5.77. The van der Waals surface area contributed by atoms with Gasteiger partial charge in [-0.25, -0.2) is 4.79 Å². The molecule has 0 bridgehead atoms. The van der Waals surface area contributed by atoms with Gasteiger partial charge < -0.3 is 16.0 Å². The highest BCUT2D eigenvalue weighted by Gasteiger charge is 2.28. The summed E-state index contributed by atoms with van der Waals surface area (Å²) in [6.45, 7) is 6.84. The summed E-state index contributed by atoms with van der Waals surface area (Å²) in [7, 11) is 1.64. The molecule has 1 heterocycles. The summed E-state index contributed by atoms with van der Waals surface area (Å²) in [6, 6.07) is 0.156. The van der Waals surface area contributed by atoms with E-state index in [9.17, 15) is 14.4 Å². The average molecular weight is 380 g/mol. The number of aromatic nitrogens is 2. The summed E-state index contributed by atoms with van der Waals surface area (Å²) in [5, 5.41) is 3.10. The van der Waals surface area contributed by atoms with E-state index < -0.39 is 11.2 Å². The first-order valence-electron chi connectivity index (χ1n) is 9.89. The Morgan fingerprint density at radius 3 is 2.70 bits per heavy atom. The first-order chi connectivity index (χ1) is 12.8. The van der Waals surface area contributed by atoms with E-state index in [0.29, 0.717) is 18.4 Å². The molecule has 3 atom stereocenters. The molecule has 1 aliphatic carbocycles. The van der Waals surface area contributed by atoms with Gasteiger partial charge in [0.2, 0.25) is 5.91 Å². The molecule has 0 spiro atoms. The Labute approximate surface area is 160 Å². The third-order valence-electron chi connectivity index (χ3n) is 5.77. The summed E-state index contributed by atoms with van der Waals surface area (Å²) < 4.78 is 1.36. The second-order valence-electron chi connectivity index (χ2n) is 7.80. The SMILES string of the molecule is CCCCn1c(N)c(N(C)CC(=O)NC2CCCC(C)C2C)c(=O)[nH]c1=O. The van der Waals surface area contributed by atoms with Crippen molar-refractivity contribution in [2.24, 2.45) is 11.8 Å². The second-order valence-corrected chi connectivity index (χ2v) is 7.80. The molecule has 1 aliphatic rings. The van der Waals surface area contributed by atoms with Crippen LogP contribution >= 0.6 is 0 Å². The minimum absolute atomic E-state index is 0.0108. The molecule has 8 heteroatoms. The molecule has 0 aromatic carbocycles. The van der Waals surface area contributed by atoms with Crippen molar-refractivity contribution in [2.75, 3.05) is 24.2 Å². The molecule has 1 fully saturated rings. The molecule has 1 saturated carbocycles. The van der Waals surface area contributed by atoms with Crippen LogP contribution in [-0.2, 0) is 11.3 Å². The number of anilines is 2. The lowest BCUT2D eigenvalue weighted by atomic mass is 9.78. The predicted octanol–water partition coefficient (Wildman–Crippen LogP) is 1.30. The summed E-state index contributed by atoms with van der Waals surface area (Å²) in [5.74, 6) is 0.973. The summed E-state index contributed by atoms with van der Waals surface area (Å²) >= 11 is 0. The van der Waals surface area contributed by atoms with Crippen LogP contribution in [0.2, 0.25) is 0 Å². The van der Waals surface area contributed by atoms with E-state index >= 15 is 0 Å². The molecule has 8 nitrogen and oxygen atoms in total. The van der Waals surface area contributed by atoms with Gasteiger partial charge in [0.25, 0.3) is 5.56 Å². The normalized spacial score (nSPS) is 22.4. The van der Waals surface area contributed by atoms with Crippen molar-refractivity contribution in [3.63, 3.8) is 0 Å². The number of nitrogen functional groups attached to an aromatic ring is 1. The lowest BCUT2D eigenvalue weighted by molar-refractivity contribution is -0.121. The number of likely N-dealkylation sites (N-methyl/N-ethyl adjacent to an activating group) is 1. The Kier molecular flexibility index (Phi) is 7.10. The monoisotopic (exact) mass is 379 g/mol. The molecule has 152 valence electrons. The number of unbranched alkanes of at least 4 members (excludes halogenated alkanes) is 1. The Bertz CT molecular complexity index is 770. The quantitative estimate of drug-likeness (QED) is 0.661. The molecule has 3 unspecified atom stereocenters. The van der Waals surface area contributed by atoms with Crippen LogP contribution in [0.3, 0.4) is 0 Å². The number of nitrogens with two attached hydrogens (primary N) is 1. The minimum Gasteiger partial charge on any atom is -0.383 e. The second kappa shape index (κ2) is 9.10. The van der Waals surface area contributed by atoms with E-state index in [2.05, 4.69) is 24.1 Å². The lowest BCUT2D eigenvalue weighted by Crippen LogP contribution is -2.48. The molecular weight excluding hydrogens is 346 g/mol. The fourth-order valence-electron chi connectivity index (χ4n) is 3.82. The fraction of sp³-hybridized carbons (Fsp3) is 0.737. The zero-order valence-electron chi connectivity index (χ0n) is 16.9. The minimum atomic E-state index is -0.569. The number of H-pyrrole nitrogens is 1. The van der Waals surface area contributed by atoms with Crippen molar-refractivity contribution < 1.29 is 4.79 Å². The number of carbonyl (C=O) groups is 1. The number of nitrogens with zero attached hydrogens (tertiary/aromatic N) is 2. The van der Waals surface area contributed by atoms with Crippen LogP contribution in [-0.4, -0.2) is 35.1 Å². The number of rotatable bonds is 7. The van der Waals surface area contributed by atoms with Crippen molar-refractivity contribution in [3.8, 4) is 0 Å². The van der Waals surface area contributed by atoms with Crippen molar-refractivity contribution in [1.82, 2.24) is 14.9 Å². The highest BCUT2D eigenvalue weighted by molar-refractivity contribution is 5.82. The lowest BCUT2D eigenvalue weighted by Gasteiger charge is -2.35. The van der Waals surface area contributed by atoms with Gasteiger partial charge in [-0.15, -0.1) is 0 Å². The third kappa shape index (κ3) is 4.93. The van der Waals surface area contributed by atoms with Crippen molar-refractivity contribution in [3.05, 3.63) is 20.8 Å². The molecule has 4 N–H and O–H groups in total. The standard InChI is InChI=1S/C19H33N5O3/c1-5-6-10-24-17(20)16(18(26)22-19(24)27)23(4)11-15(25)21-14-9-7-8-12(2)13(14)3/h12-14H,5-11,20H2,1-4H3,(H,21,25)(H,22,26,27). The Morgan fingerprint density at radius 1 is 1.33 bits per heavy atom. The number of hydrogen-bond acceptors (Lipinski definition) is 5. The van der Waals surface area contributed by atoms with E-state index in [0.717, 1.165) is 25.7 Å². The maximum absolute atomic E-state index is 12.5. The van der Waals surface area contributed by atoms with Gasteiger partial charge in [0, 0.05) is 19.6 Å². The maximum atomic E-state index is 12.5. The van der Waals surface area contributed by atoms with Gasteiger partial charge in [0.05, 0.1) is 6.54 Å². The summed E-state index contributed by atoms with van der Waals surface area (Å²) in [6.07, 6.45) is 4.96. The molecule has 27 heavy (non-hydrogen) atoms. The first-order valence-corrected chi connectivity index (χ1v) is 9.89. The number of amides is 1. The van der Waals surface area contributed by atoms with Gasteiger partial charge in [-0.05, 0) is 24.7 Å². The van der Waals surface area contributed by atoms with Crippen LogP contribution in [0.25, 0.3) is 0 Å². The van der Waals surface area contributed by atoms with E-state index in [-0.39, 0.29) is 30.0 Å². The Balaban J connectivity index is 2.13. The van der Waals surface area contributed by atoms with Gasteiger partial charge in [0.15, 0.2) is 0 Å². The highest BCUT2D eigenvalue weighted by Crippen LogP contribution is 2.29. The van der Waals surface area contributed by atoms with Crippen LogP contribution in [0.1, 0.15) is 52.9 Å². The van der Waals surface area contributed by atoms with Crippen LogP contribution in [0.4, 0.5) is 11.5 Å². The maximum Gasteiger partial charge on any atom is 0.330 e. The predicted molar refractivity (Wildman–Crippen MR) is 108 cm³/mol. The summed E-state index contributed by atoms with van der Waals surface area (Å²) in [4.78, 5) is 40.6. The van der Waals surface area contributed by atoms with Crippen LogP contribution in [0.5, 0.6) is 0 Å². The number of aromatic amines is 1. The van der Waals surface area contributed by atoms with Crippen molar-refractivity contribution in [2.45, 2.75) is 65.5 Å². The van der Waals surface area contributed by atoms with Crippen LogP contribution < -0.4 is 27.2 Å². The largest absolute Gasteiger partial charge is 0.383 e. The fourth-order valence-corrected chi connectivity index (χ4v) is 3.82. The number of carbonyl (C=O) groups excluding carboxylic acids is 1. The van der Waals surface area contributed by atoms with E-state index in [1.807, 2.05) is 6.92 Å². The molecular formula is C19H33N5O3.